The van der Waals surface area contributed by atoms with Crippen molar-refractivity contribution in [3.05, 3.63) is 48.3 Å². The molecule has 3 heterocycles. The molecule has 0 saturated carbocycles. The number of β-amino-alcohol motifs (C(OH)–C–C–N with tert-alkyl or cyclic N) is 1. The van der Waals surface area contributed by atoms with Gasteiger partial charge in [0.2, 0.25) is 11.9 Å². The number of piperidine rings is 1. The lowest BCUT2D eigenvalue weighted by atomic mass is 9.93. The monoisotopic (exact) mass is 439 g/mol. The van der Waals surface area contributed by atoms with Crippen molar-refractivity contribution >= 4 is 11.9 Å². The zero-order valence-corrected chi connectivity index (χ0v) is 18.6. The average molecular weight is 440 g/mol. The molecule has 2 N–H and O–H groups in total. The molecule has 32 heavy (non-hydrogen) atoms. The number of likely N-dealkylation sites (tertiary alicyclic amines) is 1. The Kier molecular flexibility index (Phi) is 7.55. The first kappa shape index (κ1) is 22.5. The summed E-state index contributed by atoms with van der Waals surface area (Å²) < 4.78 is 5.81. The van der Waals surface area contributed by atoms with Gasteiger partial charge in [0.1, 0.15) is 5.75 Å². The van der Waals surface area contributed by atoms with Crippen LogP contribution in [0.25, 0.3) is 0 Å². The Labute approximate surface area is 189 Å². The standard InChI is InChI=1S/C24H33N5O3/c30-22-5-1-13-28(22)15-4-16-32-21-8-6-20(7-9-21)17-25-18-24(31)10-2-14-29(19-24)23-26-11-3-12-27-23/h3,6-9,11-12,25,31H,1-2,4-5,10,13-19H2. The van der Waals surface area contributed by atoms with Gasteiger partial charge in [-0.25, -0.2) is 9.97 Å². The molecule has 172 valence electrons. The molecule has 0 aliphatic carbocycles. The van der Waals surface area contributed by atoms with Crippen LogP contribution in [0.1, 0.15) is 37.7 Å². The number of aliphatic hydroxyl groups is 1. The Morgan fingerprint density at radius 2 is 1.94 bits per heavy atom. The number of amides is 1. The molecule has 1 aromatic carbocycles. The summed E-state index contributed by atoms with van der Waals surface area (Å²) in [6.45, 7) is 4.86. The van der Waals surface area contributed by atoms with Crippen molar-refractivity contribution < 1.29 is 14.6 Å². The van der Waals surface area contributed by atoms with E-state index < -0.39 is 5.60 Å². The minimum atomic E-state index is -0.794. The number of ether oxygens (including phenoxy) is 1. The van der Waals surface area contributed by atoms with Crippen LogP contribution < -0.4 is 15.0 Å². The molecule has 1 atom stereocenters. The molecule has 0 spiro atoms. The second-order valence-electron chi connectivity index (χ2n) is 8.73. The molecule has 2 aromatic rings. The fourth-order valence-corrected chi connectivity index (χ4v) is 4.41. The average Bonchev–Trinajstić information content (AvgIpc) is 3.23. The van der Waals surface area contributed by atoms with E-state index in [9.17, 15) is 9.90 Å². The quantitative estimate of drug-likeness (QED) is 0.547. The molecule has 8 heteroatoms. The molecule has 2 aliphatic heterocycles. The number of hydrogen-bond acceptors (Lipinski definition) is 7. The number of rotatable bonds is 10. The van der Waals surface area contributed by atoms with Crippen molar-refractivity contribution in [3.8, 4) is 5.75 Å². The number of anilines is 1. The predicted octanol–water partition coefficient (Wildman–Crippen LogP) is 1.99. The van der Waals surface area contributed by atoms with E-state index in [4.69, 9.17) is 4.74 Å². The largest absolute Gasteiger partial charge is 0.494 e. The summed E-state index contributed by atoms with van der Waals surface area (Å²) in [5.41, 5.74) is 0.347. The molecular weight excluding hydrogens is 406 g/mol. The van der Waals surface area contributed by atoms with Gasteiger partial charge in [-0.05, 0) is 49.4 Å². The highest BCUT2D eigenvalue weighted by molar-refractivity contribution is 5.77. The first-order valence-corrected chi connectivity index (χ1v) is 11.6. The lowest BCUT2D eigenvalue weighted by Gasteiger charge is -2.39. The maximum Gasteiger partial charge on any atom is 0.225 e. The molecule has 1 amide bonds. The van der Waals surface area contributed by atoms with Crippen LogP contribution in [0.4, 0.5) is 5.95 Å². The van der Waals surface area contributed by atoms with Crippen molar-refractivity contribution in [1.29, 1.82) is 0 Å². The van der Waals surface area contributed by atoms with E-state index >= 15 is 0 Å². The van der Waals surface area contributed by atoms with Gasteiger partial charge in [-0.1, -0.05) is 12.1 Å². The Hall–Kier alpha value is -2.71. The highest BCUT2D eigenvalue weighted by Crippen LogP contribution is 2.23. The SMILES string of the molecule is O=C1CCCN1CCCOc1ccc(CNCC2(O)CCCN(c3ncccn3)C2)cc1. The van der Waals surface area contributed by atoms with E-state index in [2.05, 4.69) is 20.2 Å². The molecular formula is C24H33N5O3. The Balaban J connectivity index is 1.17. The van der Waals surface area contributed by atoms with Crippen molar-refractivity contribution in [2.45, 2.75) is 44.2 Å². The number of nitrogens with zero attached hydrogens (tertiary/aromatic N) is 4. The van der Waals surface area contributed by atoms with E-state index in [0.717, 1.165) is 56.6 Å². The molecule has 4 rings (SSSR count). The molecule has 1 aromatic heterocycles. The van der Waals surface area contributed by atoms with Crippen LogP contribution in [0, 0.1) is 0 Å². The van der Waals surface area contributed by atoms with Crippen LogP contribution in [-0.2, 0) is 11.3 Å². The van der Waals surface area contributed by atoms with Crippen LogP contribution in [0.5, 0.6) is 5.75 Å². The van der Waals surface area contributed by atoms with E-state index in [1.165, 1.54) is 0 Å². The summed E-state index contributed by atoms with van der Waals surface area (Å²) in [5.74, 6) is 1.78. The second-order valence-corrected chi connectivity index (χ2v) is 8.73. The van der Waals surface area contributed by atoms with Crippen molar-refractivity contribution in [3.63, 3.8) is 0 Å². The molecule has 2 fully saturated rings. The normalized spacial score (nSPS) is 21.2. The van der Waals surface area contributed by atoms with Crippen molar-refractivity contribution in [1.82, 2.24) is 20.2 Å². The van der Waals surface area contributed by atoms with Crippen LogP contribution >= 0.6 is 0 Å². The molecule has 0 radical (unpaired) electrons. The molecule has 8 nitrogen and oxygen atoms in total. The van der Waals surface area contributed by atoms with Gasteiger partial charge in [-0.3, -0.25) is 4.79 Å². The van der Waals surface area contributed by atoms with Crippen LogP contribution in [-0.4, -0.2) is 70.8 Å². The summed E-state index contributed by atoms with van der Waals surface area (Å²) >= 11 is 0. The minimum Gasteiger partial charge on any atom is -0.494 e. The van der Waals surface area contributed by atoms with Gasteiger partial charge in [-0.2, -0.15) is 0 Å². The third-order valence-corrected chi connectivity index (χ3v) is 6.11. The first-order chi connectivity index (χ1) is 15.6. The number of carbonyl (C=O) groups is 1. The summed E-state index contributed by atoms with van der Waals surface area (Å²) in [6.07, 6.45) is 7.65. The van der Waals surface area contributed by atoms with Gasteiger partial charge >= 0.3 is 0 Å². The van der Waals surface area contributed by atoms with Gasteiger partial charge in [0, 0.05) is 51.5 Å². The maximum atomic E-state index is 11.6. The smallest absolute Gasteiger partial charge is 0.225 e. The van der Waals surface area contributed by atoms with Gasteiger partial charge in [0.15, 0.2) is 0 Å². The van der Waals surface area contributed by atoms with E-state index in [1.54, 1.807) is 18.5 Å². The number of hydrogen-bond donors (Lipinski definition) is 2. The van der Waals surface area contributed by atoms with Gasteiger partial charge in [0.05, 0.1) is 18.8 Å². The Morgan fingerprint density at radius 1 is 1.12 bits per heavy atom. The number of benzene rings is 1. The van der Waals surface area contributed by atoms with E-state index in [1.807, 2.05) is 29.2 Å². The van der Waals surface area contributed by atoms with Gasteiger partial charge in [-0.15, -0.1) is 0 Å². The summed E-state index contributed by atoms with van der Waals surface area (Å²) in [6, 6.07) is 9.83. The lowest BCUT2D eigenvalue weighted by Crippen LogP contribution is -2.53. The lowest BCUT2D eigenvalue weighted by molar-refractivity contribution is -0.127. The second kappa shape index (κ2) is 10.7. The topological polar surface area (TPSA) is 90.8 Å². The fraction of sp³-hybridized carbons (Fsp3) is 0.542. The molecule has 1 unspecified atom stereocenters. The first-order valence-electron chi connectivity index (χ1n) is 11.6. The summed E-state index contributed by atoms with van der Waals surface area (Å²) in [5, 5.41) is 14.4. The van der Waals surface area contributed by atoms with Crippen LogP contribution in [0.3, 0.4) is 0 Å². The Bertz CT molecular complexity index is 864. The summed E-state index contributed by atoms with van der Waals surface area (Å²) in [7, 11) is 0. The third kappa shape index (κ3) is 6.17. The zero-order chi connectivity index (χ0) is 22.2. The minimum absolute atomic E-state index is 0.265. The van der Waals surface area contributed by atoms with Crippen LogP contribution in [0.2, 0.25) is 0 Å². The highest BCUT2D eigenvalue weighted by atomic mass is 16.5. The summed E-state index contributed by atoms with van der Waals surface area (Å²) in [4.78, 5) is 24.2. The zero-order valence-electron chi connectivity index (χ0n) is 18.6. The predicted molar refractivity (Wildman–Crippen MR) is 123 cm³/mol. The third-order valence-electron chi connectivity index (χ3n) is 6.11. The highest BCUT2D eigenvalue weighted by Gasteiger charge is 2.33. The van der Waals surface area contributed by atoms with Gasteiger partial charge < -0.3 is 25.0 Å². The number of carbonyl (C=O) groups excluding carboxylic acids is 1. The van der Waals surface area contributed by atoms with E-state index in [0.29, 0.717) is 38.6 Å². The molecule has 2 aliphatic rings. The Morgan fingerprint density at radius 3 is 2.69 bits per heavy atom. The number of aromatic nitrogens is 2. The fourth-order valence-electron chi connectivity index (χ4n) is 4.41. The van der Waals surface area contributed by atoms with Gasteiger partial charge in [0.25, 0.3) is 0 Å². The molecule has 0 bridgehead atoms. The van der Waals surface area contributed by atoms with Crippen molar-refractivity contribution in [2.75, 3.05) is 44.2 Å². The van der Waals surface area contributed by atoms with Crippen LogP contribution in [0.15, 0.2) is 42.7 Å². The molecule has 2 saturated heterocycles. The number of nitrogens with one attached hydrogen (secondary N) is 1. The van der Waals surface area contributed by atoms with Crippen molar-refractivity contribution in [2.24, 2.45) is 0 Å². The van der Waals surface area contributed by atoms with E-state index in [-0.39, 0.29) is 5.91 Å². The maximum absolute atomic E-state index is 11.6.